The van der Waals surface area contributed by atoms with Crippen molar-refractivity contribution in [3.63, 3.8) is 0 Å². The van der Waals surface area contributed by atoms with E-state index in [2.05, 4.69) is 4.98 Å². The maximum absolute atomic E-state index is 9.28. The highest BCUT2D eigenvalue weighted by molar-refractivity contribution is 6.29. The van der Waals surface area contributed by atoms with Gasteiger partial charge in [0.15, 0.2) is 0 Å². The predicted molar refractivity (Wildman–Crippen MR) is 49.4 cm³/mol. The molecule has 1 aromatic heterocycles. The van der Waals surface area contributed by atoms with Gasteiger partial charge in [0.05, 0.1) is 17.7 Å². The van der Waals surface area contributed by atoms with E-state index in [1.54, 1.807) is 19.1 Å². The van der Waals surface area contributed by atoms with Crippen LogP contribution in [0.15, 0.2) is 12.1 Å². The molecule has 0 radical (unpaired) electrons. The van der Waals surface area contributed by atoms with Crippen molar-refractivity contribution in [1.29, 1.82) is 0 Å². The number of aliphatic hydroxyl groups is 1. The Labute approximate surface area is 81.1 Å². The quantitative estimate of drug-likeness (QED) is 0.595. The van der Waals surface area contributed by atoms with Crippen molar-refractivity contribution in [3.8, 4) is 0 Å². The molecule has 1 atom stereocenters. The lowest BCUT2D eigenvalue weighted by Gasteiger charge is -2.08. The minimum atomic E-state index is -0.552. The summed E-state index contributed by atoms with van der Waals surface area (Å²) >= 11 is 11.3. The maximum atomic E-state index is 9.28. The molecule has 1 rings (SSSR count). The molecule has 0 fully saturated rings. The number of nitrogens with zero attached hydrogens (tertiary/aromatic N) is 1. The van der Waals surface area contributed by atoms with Gasteiger partial charge in [-0.1, -0.05) is 17.7 Å². The Kier molecular flexibility index (Phi) is 3.32. The Morgan fingerprint density at radius 3 is 2.75 bits per heavy atom. The van der Waals surface area contributed by atoms with Gasteiger partial charge in [0.1, 0.15) is 5.15 Å². The lowest BCUT2D eigenvalue weighted by atomic mass is 10.1. The van der Waals surface area contributed by atoms with Crippen LogP contribution in [0.1, 0.15) is 24.3 Å². The number of halogens is 2. The van der Waals surface area contributed by atoms with E-state index in [0.717, 1.165) is 5.56 Å². The summed E-state index contributed by atoms with van der Waals surface area (Å²) in [6.07, 6.45) is -0.552. The zero-order valence-corrected chi connectivity index (χ0v) is 8.10. The predicted octanol–water partition coefficient (Wildman–Crippen LogP) is 2.53. The maximum Gasteiger partial charge on any atom is 0.129 e. The fourth-order valence-corrected chi connectivity index (χ4v) is 1.35. The highest BCUT2D eigenvalue weighted by Gasteiger charge is 2.08. The highest BCUT2D eigenvalue weighted by atomic mass is 35.5. The second kappa shape index (κ2) is 4.08. The largest absolute Gasteiger partial charge is 0.389 e. The number of aromatic nitrogens is 1. The number of hydrogen-bond acceptors (Lipinski definition) is 2. The standard InChI is InChI=1S/C8H9Cl2NO/c1-5(12)6-2-3-8(10)11-7(6)4-9/h2-3,5,12H,4H2,1H3. The molecular weight excluding hydrogens is 197 g/mol. The molecule has 1 heterocycles. The van der Waals surface area contributed by atoms with E-state index in [-0.39, 0.29) is 5.88 Å². The fraction of sp³-hybridized carbons (Fsp3) is 0.375. The Hall–Kier alpha value is -0.310. The molecule has 0 aliphatic rings. The first-order chi connectivity index (χ1) is 5.65. The van der Waals surface area contributed by atoms with Gasteiger partial charge in [-0.3, -0.25) is 0 Å². The van der Waals surface area contributed by atoms with Crippen LogP contribution in [-0.4, -0.2) is 10.1 Å². The molecule has 4 heteroatoms. The van der Waals surface area contributed by atoms with Crippen molar-refractivity contribution < 1.29 is 5.11 Å². The summed E-state index contributed by atoms with van der Waals surface area (Å²) < 4.78 is 0. The van der Waals surface area contributed by atoms with Crippen molar-refractivity contribution in [2.45, 2.75) is 18.9 Å². The molecule has 0 aliphatic heterocycles. The first-order valence-corrected chi connectivity index (χ1v) is 4.45. The molecule has 2 nitrogen and oxygen atoms in total. The molecule has 0 saturated carbocycles. The van der Waals surface area contributed by atoms with Gasteiger partial charge in [0.25, 0.3) is 0 Å². The van der Waals surface area contributed by atoms with Gasteiger partial charge in [-0.15, -0.1) is 11.6 Å². The summed E-state index contributed by atoms with van der Waals surface area (Å²) in [7, 11) is 0. The second-order valence-electron chi connectivity index (χ2n) is 2.48. The molecule has 1 N–H and O–H groups in total. The Balaban J connectivity index is 3.11. The average molecular weight is 206 g/mol. The summed E-state index contributed by atoms with van der Waals surface area (Å²) in [6, 6.07) is 3.37. The smallest absolute Gasteiger partial charge is 0.129 e. The van der Waals surface area contributed by atoms with Gasteiger partial charge in [0, 0.05) is 5.56 Å². The van der Waals surface area contributed by atoms with E-state index in [9.17, 15) is 5.11 Å². The van der Waals surface area contributed by atoms with E-state index < -0.39 is 6.10 Å². The van der Waals surface area contributed by atoms with Gasteiger partial charge >= 0.3 is 0 Å². The third kappa shape index (κ3) is 2.09. The topological polar surface area (TPSA) is 33.1 Å². The molecule has 0 saturated heterocycles. The van der Waals surface area contributed by atoms with Crippen LogP contribution in [0.25, 0.3) is 0 Å². The van der Waals surface area contributed by atoms with Crippen LogP contribution in [0.5, 0.6) is 0 Å². The fourth-order valence-electron chi connectivity index (χ4n) is 0.973. The van der Waals surface area contributed by atoms with Gasteiger partial charge in [0.2, 0.25) is 0 Å². The SMILES string of the molecule is CC(O)c1ccc(Cl)nc1CCl. The number of aliphatic hydroxyl groups excluding tert-OH is 1. The van der Waals surface area contributed by atoms with Crippen molar-refractivity contribution in [2.24, 2.45) is 0 Å². The molecule has 66 valence electrons. The molecule has 1 aromatic rings. The molecule has 0 spiro atoms. The van der Waals surface area contributed by atoms with Crippen LogP contribution in [0.4, 0.5) is 0 Å². The van der Waals surface area contributed by atoms with Crippen molar-refractivity contribution in [3.05, 3.63) is 28.5 Å². The summed E-state index contributed by atoms with van der Waals surface area (Å²) in [4.78, 5) is 3.99. The van der Waals surface area contributed by atoms with E-state index in [0.29, 0.717) is 10.8 Å². The molecule has 12 heavy (non-hydrogen) atoms. The second-order valence-corrected chi connectivity index (χ2v) is 3.13. The zero-order valence-electron chi connectivity index (χ0n) is 6.59. The summed E-state index contributed by atoms with van der Waals surface area (Å²) in [5, 5.41) is 9.68. The first-order valence-electron chi connectivity index (χ1n) is 3.54. The van der Waals surface area contributed by atoms with Crippen LogP contribution in [0, 0.1) is 0 Å². The third-order valence-electron chi connectivity index (χ3n) is 1.55. The number of rotatable bonds is 2. The van der Waals surface area contributed by atoms with Crippen molar-refractivity contribution >= 4 is 23.2 Å². The number of hydrogen-bond donors (Lipinski definition) is 1. The van der Waals surface area contributed by atoms with Crippen LogP contribution in [-0.2, 0) is 5.88 Å². The first kappa shape index (κ1) is 9.78. The van der Waals surface area contributed by atoms with Crippen LogP contribution < -0.4 is 0 Å². The van der Waals surface area contributed by atoms with Gasteiger partial charge in [-0.25, -0.2) is 4.98 Å². The molecule has 1 unspecified atom stereocenters. The summed E-state index contributed by atoms with van der Waals surface area (Å²) in [5.41, 5.74) is 1.37. The van der Waals surface area contributed by atoms with Crippen LogP contribution in [0.2, 0.25) is 5.15 Å². The molecular formula is C8H9Cl2NO. The van der Waals surface area contributed by atoms with Crippen LogP contribution in [0.3, 0.4) is 0 Å². The molecule has 0 amide bonds. The Morgan fingerprint density at radius 2 is 2.25 bits per heavy atom. The van der Waals surface area contributed by atoms with Crippen LogP contribution >= 0.6 is 23.2 Å². The molecule has 0 aliphatic carbocycles. The normalized spacial score (nSPS) is 13.0. The average Bonchev–Trinajstić information content (AvgIpc) is 2.03. The van der Waals surface area contributed by atoms with Crippen molar-refractivity contribution in [1.82, 2.24) is 4.98 Å². The highest BCUT2D eigenvalue weighted by Crippen LogP contribution is 2.19. The minimum absolute atomic E-state index is 0.265. The Bertz CT molecular complexity index is 276. The molecule has 0 aromatic carbocycles. The third-order valence-corrected chi connectivity index (χ3v) is 2.02. The number of alkyl halides is 1. The van der Waals surface area contributed by atoms with Crippen molar-refractivity contribution in [2.75, 3.05) is 0 Å². The van der Waals surface area contributed by atoms with E-state index >= 15 is 0 Å². The van der Waals surface area contributed by atoms with E-state index in [1.165, 1.54) is 0 Å². The minimum Gasteiger partial charge on any atom is -0.389 e. The van der Waals surface area contributed by atoms with Gasteiger partial charge in [-0.2, -0.15) is 0 Å². The van der Waals surface area contributed by atoms with E-state index in [4.69, 9.17) is 23.2 Å². The lowest BCUT2D eigenvalue weighted by molar-refractivity contribution is 0.198. The molecule has 0 bridgehead atoms. The summed E-state index contributed by atoms with van der Waals surface area (Å²) in [6.45, 7) is 1.67. The zero-order chi connectivity index (χ0) is 9.14. The summed E-state index contributed by atoms with van der Waals surface area (Å²) in [5.74, 6) is 0.265. The van der Waals surface area contributed by atoms with E-state index in [1.807, 2.05) is 0 Å². The lowest BCUT2D eigenvalue weighted by Crippen LogP contribution is -1.99. The van der Waals surface area contributed by atoms with Gasteiger partial charge < -0.3 is 5.11 Å². The van der Waals surface area contributed by atoms with Gasteiger partial charge in [-0.05, 0) is 13.0 Å². The monoisotopic (exact) mass is 205 g/mol. The Morgan fingerprint density at radius 1 is 1.58 bits per heavy atom. The number of pyridine rings is 1.